The number of hydrogen-bond donors (Lipinski definition) is 0. The molecule has 6 aromatic carbocycles. The third-order valence-electron chi connectivity index (χ3n) is 8.37. The zero-order valence-electron chi connectivity index (χ0n) is 25.2. The van der Waals surface area contributed by atoms with Crippen LogP contribution in [0.25, 0.3) is 72.8 Å². The number of benzene rings is 6. The lowest BCUT2D eigenvalue weighted by Crippen LogP contribution is -2.04. The molecule has 0 unspecified atom stereocenters. The maximum absolute atomic E-state index is 15.6. The molecule has 8 heteroatoms. The van der Waals surface area contributed by atoms with Crippen molar-refractivity contribution in [3.63, 3.8) is 0 Å². The highest BCUT2D eigenvalue weighted by Gasteiger charge is 2.31. The molecule has 0 bridgehead atoms. The molecule has 4 nitrogen and oxygen atoms in total. The number of rotatable bonds is 5. The molecule has 0 amide bonds. The standard InChI is InChI=1S/C40H24F4N4/c41-34-17-9-7-15-29(34)32-24-28(48-35-18-10-8-16-30(35)33-23-27(40(42,43)44)19-22-36(33)48)20-21-31(32)39-46-37(25-11-3-1-4-12-25)45-38(47-39)26-13-5-2-6-14-26/h1-24H. The van der Waals surface area contributed by atoms with E-state index in [1.165, 1.54) is 18.2 Å². The minimum absolute atomic E-state index is 0.331. The van der Waals surface area contributed by atoms with E-state index in [0.29, 0.717) is 56.1 Å². The highest BCUT2D eigenvalue weighted by Crippen LogP contribution is 2.40. The minimum atomic E-state index is -4.49. The van der Waals surface area contributed by atoms with Gasteiger partial charge >= 0.3 is 6.18 Å². The SMILES string of the molecule is Fc1ccccc1-c1cc(-n2c3ccccc3c3cc(C(F)(F)F)ccc32)ccc1-c1nc(-c2ccccc2)nc(-c2ccccc2)n1. The summed E-state index contributed by atoms with van der Waals surface area (Å²) in [6, 6.07) is 42.2. The van der Waals surface area contributed by atoms with E-state index in [-0.39, 0.29) is 0 Å². The fourth-order valence-corrected chi connectivity index (χ4v) is 6.13. The molecule has 0 saturated carbocycles. The van der Waals surface area contributed by atoms with Crippen LogP contribution in [-0.4, -0.2) is 19.5 Å². The van der Waals surface area contributed by atoms with Crippen LogP contribution in [0.2, 0.25) is 0 Å². The average Bonchev–Trinajstić information content (AvgIpc) is 3.46. The van der Waals surface area contributed by atoms with Gasteiger partial charge in [-0.2, -0.15) is 13.2 Å². The Labute approximate surface area is 272 Å². The fourth-order valence-electron chi connectivity index (χ4n) is 6.13. The summed E-state index contributed by atoms with van der Waals surface area (Å²) in [6.07, 6.45) is -4.49. The lowest BCUT2D eigenvalue weighted by Gasteiger charge is -2.16. The molecule has 0 saturated heterocycles. The third kappa shape index (κ3) is 5.17. The van der Waals surface area contributed by atoms with Crippen molar-refractivity contribution in [1.82, 2.24) is 19.5 Å². The Kier molecular flexibility index (Phi) is 7.06. The number of aromatic nitrogens is 4. The highest BCUT2D eigenvalue weighted by atomic mass is 19.4. The molecular formula is C40H24F4N4. The van der Waals surface area contributed by atoms with Gasteiger partial charge in [-0.1, -0.05) is 97.1 Å². The minimum Gasteiger partial charge on any atom is -0.309 e. The Morgan fingerprint density at radius 1 is 0.458 bits per heavy atom. The molecule has 8 rings (SSSR count). The van der Waals surface area contributed by atoms with Gasteiger partial charge in [0.2, 0.25) is 0 Å². The number of nitrogens with zero attached hydrogens (tertiary/aromatic N) is 4. The first-order valence-corrected chi connectivity index (χ1v) is 15.2. The number of para-hydroxylation sites is 1. The van der Waals surface area contributed by atoms with E-state index in [1.807, 2.05) is 102 Å². The molecule has 0 aliphatic rings. The molecule has 0 aliphatic carbocycles. The maximum atomic E-state index is 15.6. The number of hydrogen-bond acceptors (Lipinski definition) is 3. The Hall–Kier alpha value is -6.15. The van der Waals surface area contributed by atoms with E-state index in [2.05, 4.69) is 0 Å². The molecule has 0 atom stereocenters. The van der Waals surface area contributed by atoms with Gasteiger partial charge in [0.15, 0.2) is 17.5 Å². The van der Waals surface area contributed by atoms with Crippen molar-refractivity contribution in [1.29, 1.82) is 0 Å². The van der Waals surface area contributed by atoms with Gasteiger partial charge < -0.3 is 4.57 Å². The topological polar surface area (TPSA) is 43.6 Å². The predicted octanol–water partition coefficient (Wildman–Crippen LogP) is 10.8. The van der Waals surface area contributed by atoms with E-state index < -0.39 is 17.6 Å². The summed E-state index contributed by atoms with van der Waals surface area (Å²) >= 11 is 0. The molecule has 0 spiro atoms. The quantitative estimate of drug-likeness (QED) is 0.177. The van der Waals surface area contributed by atoms with Crippen LogP contribution in [0.1, 0.15) is 5.56 Å². The summed E-state index contributed by atoms with van der Waals surface area (Å²) in [6.45, 7) is 0. The van der Waals surface area contributed by atoms with Gasteiger partial charge in [-0.3, -0.25) is 0 Å². The second-order valence-corrected chi connectivity index (χ2v) is 11.3. The fraction of sp³-hybridized carbons (Fsp3) is 0.0250. The van der Waals surface area contributed by atoms with E-state index in [9.17, 15) is 13.2 Å². The van der Waals surface area contributed by atoms with Gasteiger partial charge in [-0.05, 0) is 54.1 Å². The zero-order valence-corrected chi connectivity index (χ0v) is 25.2. The summed E-state index contributed by atoms with van der Waals surface area (Å²) in [5.74, 6) is 0.842. The van der Waals surface area contributed by atoms with Gasteiger partial charge in [0.25, 0.3) is 0 Å². The molecule has 48 heavy (non-hydrogen) atoms. The van der Waals surface area contributed by atoms with Crippen molar-refractivity contribution in [3.8, 4) is 51.0 Å². The van der Waals surface area contributed by atoms with Gasteiger partial charge in [-0.25, -0.2) is 19.3 Å². The van der Waals surface area contributed by atoms with Crippen LogP contribution in [0.3, 0.4) is 0 Å². The molecule has 0 radical (unpaired) electrons. The monoisotopic (exact) mass is 636 g/mol. The van der Waals surface area contributed by atoms with Crippen LogP contribution in [0.15, 0.2) is 146 Å². The lowest BCUT2D eigenvalue weighted by molar-refractivity contribution is -0.137. The third-order valence-corrected chi connectivity index (χ3v) is 8.37. The van der Waals surface area contributed by atoms with Gasteiger partial charge in [0.1, 0.15) is 5.82 Å². The molecule has 2 heterocycles. The maximum Gasteiger partial charge on any atom is 0.416 e. The van der Waals surface area contributed by atoms with Crippen LogP contribution >= 0.6 is 0 Å². The number of halogens is 4. The van der Waals surface area contributed by atoms with Crippen LogP contribution in [-0.2, 0) is 6.18 Å². The first-order chi connectivity index (χ1) is 23.3. The smallest absolute Gasteiger partial charge is 0.309 e. The summed E-state index contributed by atoms with van der Waals surface area (Å²) in [4.78, 5) is 14.6. The Bertz CT molecular complexity index is 2400. The molecule has 0 aliphatic heterocycles. The summed E-state index contributed by atoms with van der Waals surface area (Å²) in [5, 5.41) is 1.14. The van der Waals surface area contributed by atoms with Crippen molar-refractivity contribution in [3.05, 3.63) is 157 Å². The summed E-state index contributed by atoms with van der Waals surface area (Å²) in [5.41, 5.74) is 4.25. The second kappa shape index (κ2) is 11.6. The van der Waals surface area contributed by atoms with Crippen molar-refractivity contribution in [2.45, 2.75) is 6.18 Å². The normalized spacial score (nSPS) is 11.8. The second-order valence-electron chi connectivity index (χ2n) is 11.3. The van der Waals surface area contributed by atoms with Gasteiger partial charge in [0.05, 0.1) is 16.6 Å². The van der Waals surface area contributed by atoms with Crippen molar-refractivity contribution in [2.24, 2.45) is 0 Å². The molecule has 0 N–H and O–H groups in total. The van der Waals surface area contributed by atoms with Crippen LogP contribution < -0.4 is 0 Å². The average molecular weight is 637 g/mol. The van der Waals surface area contributed by atoms with Gasteiger partial charge in [-0.15, -0.1) is 0 Å². The number of alkyl halides is 3. The first-order valence-electron chi connectivity index (χ1n) is 15.2. The van der Waals surface area contributed by atoms with Crippen LogP contribution in [0, 0.1) is 5.82 Å². The Morgan fingerprint density at radius 3 is 1.71 bits per heavy atom. The number of fused-ring (bicyclic) bond motifs is 3. The van der Waals surface area contributed by atoms with E-state index >= 15 is 4.39 Å². The largest absolute Gasteiger partial charge is 0.416 e. The van der Waals surface area contributed by atoms with E-state index in [0.717, 1.165) is 22.7 Å². The molecule has 8 aromatic rings. The molecular weight excluding hydrogens is 612 g/mol. The summed E-state index contributed by atoms with van der Waals surface area (Å²) in [7, 11) is 0. The molecule has 232 valence electrons. The predicted molar refractivity (Wildman–Crippen MR) is 181 cm³/mol. The Morgan fingerprint density at radius 2 is 1.04 bits per heavy atom. The highest BCUT2D eigenvalue weighted by molar-refractivity contribution is 6.09. The molecule has 2 aromatic heterocycles. The van der Waals surface area contributed by atoms with E-state index in [4.69, 9.17) is 15.0 Å². The van der Waals surface area contributed by atoms with Crippen molar-refractivity contribution < 1.29 is 17.6 Å². The first kappa shape index (κ1) is 29.3. The lowest BCUT2D eigenvalue weighted by atomic mass is 9.97. The summed E-state index contributed by atoms with van der Waals surface area (Å²) < 4.78 is 58.8. The van der Waals surface area contributed by atoms with Gasteiger partial charge in [0, 0.05) is 38.7 Å². The Balaban J connectivity index is 1.39. The van der Waals surface area contributed by atoms with Crippen LogP contribution in [0.4, 0.5) is 17.6 Å². The zero-order chi connectivity index (χ0) is 32.8. The van der Waals surface area contributed by atoms with Crippen molar-refractivity contribution >= 4 is 21.8 Å². The van der Waals surface area contributed by atoms with E-state index in [1.54, 1.807) is 24.3 Å². The van der Waals surface area contributed by atoms with Crippen LogP contribution in [0.5, 0.6) is 0 Å². The molecule has 0 fully saturated rings. The van der Waals surface area contributed by atoms with Crippen molar-refractivity contribution in [2.75, 3.05) is 0 Å².